The van der Waals surface area contributed by atoms with Crippen LogP contribution >= 0.6 is 50.1 Å². The van der Waals surface area contributed by atoms with Gasteiger partial charge in [-0.1, -0.05) is 39.7 Å². The van der Waals surface area contributed by atoms with E-state index in [0.29, 0.717) is 14.2 Å². The maximum Gasteiger partial charge on any atom is 0.244 e. The van der Waals surface area contributed by atoms with E-state index in [2.05, 4.69) is 26.5 Å². The fraction of sp³-hybridized carbons (Fsp3) is 0.0667. The molecule has 2 aromatic carbocycles. The quantitative estimate of drug-likeness (QED) is 0.383. The van der Waals surface area contributed by atoms with Crippen molar-refractivity contribution in [3.8, 4) is 5.75 Å². The van der Waals surface area contributed by atoms with Gasteiger partial charge < -0.3 is 5.11 Å². The minimum atomic E-state index is -0.247. The predicted molar refractivity (Wildman–Crippen MR) is 99.4 cm³/mol. The largest absolute Gasteiger partial charge is 0.506 e. The number of hydrogen-bond donors (Lipinski definition) is 2. The SMILES string of the molecule is O=C(Cc1ccc(Cl)cc1)NN=Cc1cc(Br)cc(I)c1O. The molecule has 2 N–H and O–H groups in total. The number of halogens is 3. The molecule has 0 unspecified atom stereocenters. The Morgan fingerprint density at radius 2 is 2.05 bits per heavy atom. The lowest BCUT2D eigenvalue weighted by molar-refractivity contribution is -0.120. The molecule has 0 heterocycles. The van der Waals surface area contributed by atoms with Gasteiger partial charge in [-0.15, -0.1) is 0 Å². The molecule has 0 saturated carbocycles. The molecular formula is C15H11BrClIN2O2. The second-order valence-corrected chi connectivity index (χ2v) is 6.94. The van der Waals surface area contributed by atoms with Crippen LogP contribution in [0.1, 0.15) is 11.1 Å². The van der Waals surface area contributed by atoms with E-state index in [9.17, 15) is 9.90 Å². The van der Waals surface area contributed by atoms with Gasteiger partial charge in [0.2, 0.25) is 5.91 Å². The van der Waals surface area contributed by atoms with Crippen molar-refractivity contribution < 1.29 is 9.90 Å². The van der Waals surface area contributed by atoms with Crippen LogP contribution in [0.3, 0.4) is 0 Å². The van der Waals surface area contributed by atoms with Crippen molar-refractivity contribution in [1.82, 2.24) is 5.43 Å². The fourth-order valence-corrected chi connectivity index (χ4v) is 3.36. The van der Waals surface area contributed by atoms with Gasteiger partial charge in [0.05, 0.1) is 16.2 Å². The molecule has 7 heteroatoms. The Balaban J connectivity index is 1.97. The van der Waals surface area contributed by atoms with Crippen molar-refractivity contribution in [3.05, 3.63) is 60.6 Å². The molecule has 0 radical (unpaired) electrons. The highest BCUT2D eigenvalue weighted by Crippen LogP contribution is 2.27. The van der Waals surface area contributed by atoms with E-state index in [1.165, 1.54) is 6.21 Å². The molecule has 0 aliphatic carbocycles. The highest BCUT2D eigenvalue weighted by molar-refractivity contribution is 14.1. The van der Waals surface area contributed by atoms with Crippen LogP contribution in [0.4, 0.5) is 0 Å². The second kappa shape index (κ2) is 7.94. The number of aromatic hydroxyl groups is 1. The number of amides is 1. The van der Waals surface area contributed by atoms with E-state index >= 15 is 0 Å². The summed E-state index contributed by atoms with van der Waals surface area (Å²) in [4.78, 5) is 11.8. The molecule has 0 fully saturated rings. The Morgan fingerprint density at radius 3 is 2.73 bits per heavy atom. The number of phenols is 1. The maximum absolute atomic E-state index is 11.8. The zero-order chi connectivity index (χ0) is 16.1. The molecule has 0 bridgehead atoms. The number of nitrogens with zero attached hydrogens (tertiary/aromatic N) is 1. The maximum atomic E-state index is 11.8. The van der Waals surface area contributed by atoms with Crippen molar-refractivity contribution in [1.29, 1.82) is 0 Å². The molecular weight excluding hydrogens is 482 g/mol. The molecule has 2 aromatic rings. The van der Waals surface area contributed by atoms with Gasteiger partial charge in [0.25, 0.3) is 0 Å². The average molecular weight is 494 g/mol. The van der Waals surface area contributed by atoms with Crippen LogP contribution in [-0.4, -0.2) is 17.2 Å². The van der Waals surface area contributed by atoms with Gasteiger partial charge in [0, 0.05) is 15.1 Å². The van der Waals surface area contributed by atoms with Crippen LogP contribution in [0.5, 0.6) is 5.75 Å². The first kappa shape index (κ1) is 17.2. The van der Waals surface area contributed by atoms with E-state index in [4.69, 9.17) is 11.6 Å². The first-order valence-corrected chi connectivity index (χ1v) is 8.45. The van der Waals surface area contributed by atoms with Crippen LogP contribution in [0.25, 0.3) is 0 Å². The predicted octanol–water partition coefficient (Wildman–Crippen LogP) is 4.11. The molecule has 114 valence electrons. The monoisotopic (exact) mass is 492 g/mol. The standard InChI is InChI=1S/C15H11BrClIN2O2/c16-11-6-10(15(22)13(18)7-11)8-19-20-14(21)5-9-1-3-12(17)4-2-9/h1-4,6-8,22H,5H2,(H,20,21). The van der Waals surface area contributed by atoms with Crippen molar-refractivity contribution >= 4 is 62.2 Å². The molecule has 0 saturated heterocycles. The fourth-order valence-electron chi connectivity index (χ4n) is 1.69. The third-order valence-corrected chi connectivity index (χ3v) is 4.26. The first-order valence-electron chi connectivity index (χ1n) is 6.20. The van der Waals surface area contributed by atoms with Crippen LogP contribution < -0.4 is 5.43 Å². The first-order chi connectivity index (χ1) is 10.5. The number of rotatable bonds is 4. The van der Waals surface area contributed by atoms with Crippen LogP contribution in [0.15, 0.2) is 46.0 Å². The van der Waals surface area contributed by atoms with Crippen LogP contribution in [0.2, 0.25) is 5.02 Å². The van der Waals surface area contributed by atoms with Gasteiger partial charge in [0.1, 0.15) is 5.75 Å². The van der Waals surface area contributed by atoms with Crippen molar-refractivity contribution in [2.45, 2.75) is 6.42 Å². The van der Waals surface area contributed by atoms with E-state index in [-0.39, 0.29) is 18.1 Å². The Kier molecular flexibility index (Phi) is 6.22. The molecule has 0 atom stereocenters. The average Bonchev–Trinajstić information content (AvgIpc) is 2.46. The summed E-state index contributed by atoms with van der Waals surface area (Å²) < 4.78 is 1.52. The van der Waals surface area contributed by atoms with Crippen molar-refractivity contribution in [2.24, 2.45) is 5.10 Å². The van der Waals surface area contributed by atoms with Crippen LogP contribution in [0, 0.1) is 3.57 Å². The summed E-state index contributed by atoms with van der Waals surface area (Å²) in [6.07, 6.45) is 1.61. The number of nitrogens with one attached hydrogen (secondary N) is 1. The van der Waals surface area contributed by atoms with Gasteiger partial charge in [-0.2, -0.15) is 5.10 Å². The summed E-state index contributed by atoms with van der Waals surface area (Å²) in [6.45, 7) is 0. The number of carbonyl (C=O) groups is 1. The summed E-state index contributed by atoms with van der Waals surface area (Å²) in [5, 5.41) is 14.4. The molecule has 2 rings (SSSR count). The van der Waals surface area contributed by atoms with Crippen molar-refractivity contribution in [2.75, 3.05) is 0 Å². The molecule has 1 amide bonds. The van der Waals surface area contributed by atoms with E-state index in [1.807, 2.05) is 22.6 Å². The van der Waals surface area contributed by atoms with Crippen molar-refractivity contribution in [3.63, 3.8) is 0 Å². The molecule has 0 aliphatic rings. The lowest BCUT2D eigenvalue weighted by Gasteiger charge is -2.03. The lowest BCUT2D eigenvalue weighted by atomic mass is 10.1. The minimum absolute atomic E-state index is 0.125. The van der Waals surface area contributed by atoms with E-state index in [0.717, 1.165) is 10.0 Å². The summed E-state index contributed by atoms with van der Waals surface area (Å²) in [6, 6.07) is 10.5. The number of phenolic OH excluding ortho intramolecular Hbond substituents is 1. The zero-order valence-electron chi connectivity index (χ0n) is 11.2. The van der Waals surface area contributed by atoms with E-state index in [1.54, 1.807) is 36.4 Å². The highest BCUT2D eigenvalue weighted by atomic mass is 127. The molecule has 4 nitrogen and oxygen atoms in total. The summed E-state index contributed by atoms with van der Waals surface area (Å²) in [5.41, 5.74) is 3.79. The van der Waals surface area contributed by atoms with Gasteiger partial charge in [0.15, 0.2) is 0 Å². The highest BCUT2D eigenvalue weighted by Gasteiger charge is 2.06. The van der Waals surface area contributed by atoms with Gasteiger partial charge in [-0.3, -0.25) is 4.79 Å². The van der Waals surface area contributed by atoms with E-state index < -0.39 is 0 Å². The number of carbonyl (C=O) groups excluding carboxylic acids is 1. The third-order valence-electron chi connectivity index (χ3n) is 2.73. The second-order valence-electron chi connectivity index (χ2n) is 4.42. The Hall–Kier alpha value is -1.12. The Bertz CT molecular complexity index is 720. The van der Waals surface area contributed by atoms with Crippen LogP contribution in [-0.2, 0) is 11.2 Å². The topological polar surface area (TPSA) is 61.7 Å². The molecule has 0 spiro atoms. The Labute approximate surface area is 154 Å². The number of benzene rings is 2. The molecule has 0 aliphatic heterocycles. The zero-order valence-corrected chi connectivity index (χ0v) is 15.7. The minimum Gasteiger partial charge on any atom is -0.506 e. The Morgan fingerprint density at radius 1 is 1.36 bits per heavy atom. The smallest absolute Gasteiger partial charge is 0.244 e. The summed E-state index contributed by atoms with van der Waals surface area (Å²) in [7, 11) is 0. The van der Waals surface area contributed by atoms with Gasteiger partial charge in [-0.25, -0.2) is 5.43 Å². The molecule has 0 aromatic heterocycles. The summed E-state index contributed by atoms with van der Waals surface area (Å²) in [5.74, 6) is -0.123. The summed E-state index contributed by atoms with van der Waals surface area (Å²) >= 11 is 11.1. The number of hydrogen-bond acceptors (Lipinski definition) is 3. The lowest BCUT2D eigenvalue weighted by Crippen LogP contribution is -2.19. The molecule has 22 heavy (non-hydrogen) atoms. The van der Waals surface area contributed by atoms with Gasteiger partial charge in [-0.05, 0) is 52.4 Å². The number of hydrazone groups is 1. The third kappa shape index (κ3) is 4.96. The normalized spacial score (nSPS) is 10.9. The van der Waals surface area contributed by atoms with Gasteiger partial charge >= 0.3 is 0 Å².